The van der Waals surface area contributed by atoms with Crippen LogP contribution in [-0.2, 0) is 0 Å². The summed E-state index contributed by atoms with van der Waals surface area (Å²) < 4.78 is 0. The Morgan fingerprint density at radius 2 is 2.04 bits per heavy atom. The van der Waals surface area contributed by atoms with Crippen LogP contribution in [0, 0.1) is 6.92 Å². The van der Waals surface area contributed by atoms with Gasteiger partial charge in [-0.1, -0.05) is 6.07 Å². The van der Waals surface area contributed by atoms with E-state index < -0.39 is 0 Å². The molecule has 0 bridgehead atoms. The largest absolute Gasteiger partial charge is 0.507 e. The van der Waals surface area contributed by atoms with E-state index in [1.54, 1.807) is 0 Å². The van der Waals surface area contributed by atoms with E-state index in [0.717, 1.165) is 25.2 Å². The molecule has 6 nitrogen and oxygen atoms in total. The highest BCUT2D eigenvalue weighted by atomic mass is 16.3. The SMILES string of the molecule is Cc1nc(N[C@@H]2CCCN(C)C2)nnc1-c1ccc(C2CC2)cc1O. The predicted octanol–water partition coefficient (Wildman–Crippen LogP) is 2.94. The number of anilines is 1. The Labute approximate surface area is 148 Å². The maximum atomic E-state index is 10.4. The smallest absolute Gasteiger partial charge is 0.243 e. The van der Waals surface area contributed by atoms with E-state index in [-0.39, 0.29) is 5.75 Å². The van der Waals surface area contributed by atoms with Crippen LogP contribution in [0.5, 0.6) is 5.75 Å². The van der Waals surface area contributed by atoms with Crippen LogP contribution >= 0.6 is 0 Å². The Balaban J connectivity index is 1.53. The standard InChI is InChI=1S/C19H25N5O/c1-12-18(16-8-7-14(10-17(16)25)13-5-6-13)22-23-19(20-12)21-15-4-3-9-24(2)11-15/h7-8,10,13,15,25H,3-6,9,11H2,1-2H3,(H,20,21,23)/t15-/m1/s1. The lowest BCUT2D eigenvalue weighted by Crippen LogP contribution is -2.40. The summed E-state index contributed by atoms with van der Waals surface area (Å²) in [6.07, 6.45) is 4.74. The lowest BCUT2D eigenvalue weighted by molar-refractivity contribution is 0.260. The summed E-state index contributed by atoms with van der Waals surface area (Å²) in [6, 6.07) is 6.23. The minimum Gasteiger partial charge on any atom is -0.507 e. The molecular weight excluding hydrogens is 314 g/mol. The van der Waals surface area contributed by atoms with E-state index in [4.69, 9.17) is 0 Å². The minimum atomic E-state index is 0.262. The van der Waals surface area contributed by atoms with Crippen molar-refractivity contribution < 1.29 is 5.11 Å². The third-order valence-corrected chi connectivity index (χ3v) is 5.14. The molecule has 1 aromatic heterocycles. The van der Waals surface area contributed by atoms with Gasteiger partial charge < -0.3 is 15.3 Å². The Kier molecular flexibility index (Phi) is 4.29. The normalized spacial score (nSPS) is 21.3. The van der Waals surface area contributed by atoms with Gasteiger partial charge in [-0.25, -0.2) is 4.98 Å². The molecular formula is C19H25N5O. The van der Waals surface area contributed by atoms with Gasteiger partial charge in [0.05, 0.1) is 5.69 Å². The first kappa shape index (κ1) is 16.3. The number of piperidine rings is 1. The molecule has 0 spiro atoms. The minimum absolute atomic E-state index is 0.262. The second-order valence-electron chi connectivity index (χ2n) is 7.37. The average molecular weight is 339 g/mol. The maximum absolute atomic E-state index is 10.4. The van der Waals surface area contributed by atoms with E-state index in [9.17, 15) is 5.11 Å². The number of likely N-dealkylation sites (tertiary alicyclic amines) is 1. The van der Waals surface area contributed by atoms with Crippen molar-refractivity contribution in [1.29, 1.82) is 0 Å². The molecule has 1 aliphatic heterocycles. The Bertz CT molecular complexity index is 774. The molecule has 2 aliphatic rings. The van der Waals surface area contributed by atoms with Gasteiger partial charge in [0, 0.05) is 18.2 Å². The zero-order valence-electron chi connectivity index (χ0n) is 14.9. The molecule has 4 rings (SSSR count). The first-order valence-corrected chi connectivity index (χ1v) is 9.10. The zero-order chi connectivity index (χ0) is 17.4. The summed E-state index contributed by atoms with van der Waals surface area (Å²) in [7, 11) is 2.13. The van der Waals surface area contributed by atoms with Crippen molar-refractivity contribution in [3.05, 3.63) is 29.5 Å². The van der Waals surface area contributed by atoms with Crippen molar-refractivity contribution in [1.82, 2.24) is 20.1 Å². The van der Waals surface area contributed by atoms with Crippen LogP contribution in [0.1, 0.15) is 42.9 Å². The van der Waals surface area contributed by atoms with E-state index >= 15 is 0 Å². The van der Waals surface area contributed by atoms with Crippen molar-refractivity contribution in [2.45, 2.75) is 44.6 Å². The molecule has 2 heterocycles. The lowest BCUT2D eigenvalue weighted by atomic mass is 10.0. The van der Waals surface area contributed by atoms with Crippen LogP contribution in [0.2, 0.25) is 0 Å². The fourth-order valence-electron chi connectivity index (χ4n) is 3.60. The van der Waals surface area contributed by atoms with Crippen LogP contribution in [0.4, 0.5) is 5.95 Å². The fraction of sp³-hybridized carbons (Fsp3) is 0.526. The molecule has 0 amide bonds. The Hall–Kier alpha value is -2.21. The first-order chi connectivity index (χ1) is 12.1. The van der Waals surface area contributed by atoms with E-state index in [1.165, 1.54) is 24.8 Å². The third kappa shape index (κ3) is 3.58. The molecule has 25 heavy (non-hydrogen) atoms. The summed E-state index contributed by atoms with van der Waals surface area (Å²) in [5.74, 6) is 1.44. The number of hydrogen-bond acceptors (Lipinski definition) is 6. The average Bonchev–Trinajstić information content (AvgIpc) is 3.41. The second-order valence-corrected chi connectivity index (χ2v) is 7.37. The number of aromatic hydroxyl groups is 1. The molecule has 2 N–H and O–H groups in total. The molecule has 6 heteroatoms. The number of rotatable bonds is 4. The number of hydrogen-bond donors (Lipinski definition) is 2. The van der Waals surface area contributed by atoms with Crippen LogP contribution < -0.4 is 5.32 Å². The van der Waals surface area contributed by atoms with Gasteiger partial charge in [0.1, 0.15) is 11.4 Å². The quantitative estimate of drug-likeness (QED) is 0.892. The molecule has 2 aromatic rings. The highest BCUT2D eigenvalue weighted by Crippen LogP contribution is 2.42. The van der Waals surface area contributed by atoms with Crippen molar-refractivity contribution in [2.75, 3.05) is 25.5 Å². The fourth-order valence-corrected chi connectivity index (χ4v) is 3.60. The molecule has 1 aromatic carbocycles. The van der Waals surface area contributed by atoms with Gasteiger partial charge in [-0.3, -0.25) is 0 Å². The molecule has 1 saturated heterocycles. The summed E-state index contributed by atoms with van der Waals surface area (Å²) in [5, 5.41) is 22.4. The van der Waals surface area contributed by atoms with Crippen molar-refractivity contribution in [3.63, 3.8) is 0 Å². The van der Waals surface area contributed by atoms with Crippen LogP contribution in [-0.4, -0.2) is 51.4 Å². The number of aromatic nitrogens is 3. The molecule has 2 fully saturated rings. The monoisotopic (exact) mass is 339 g/mol. The summed E-state index contributed by atoms with van der Waals surface area (Å²) in [5.41, 5.74) is 3.33. The highest BCUT2D eigenvalue weighted by Gasteiger charge is 2.25. The van der Waals surface area contributed by atoms with E-state index in [0.29, 0.717) is 29.2 Å². The highest BCUT2D eigenvalue weighted by molar-refractivity contribution is 5.69. The molecule has 1 atom stereocenters. The van der Waals surface area contributed by atoms with Crippen molar-refractivity contribution in [3.8, 4) is 17.0 Å². The predicted molar refractivity (Wildman–Crippen MR) is 97.8 cm³/mol. The number of likely N-dealkylation sites (N-methyl/N-ethyl adjacent to an activating group) is 1. The summed E-state index contributed by atoms with van der Waals surface area (Å²) in [6.45, 7) is 4.05. The molecule has 0 unspecified atom stereocenters. The van der Waals surface area contributed by atoms with E-state index in [2.05, 4.69) is 38.5 Å². The van der Waals surface area contributed by atoms with Gasteiger partial charge in [-0.15, -0.1) is 10.2 Å². The number of nitrogens with one attached hydrogen (secondary N) is 1. The van der Waals surface area contributed by atoms with Gasteiger partial charge in [-0.05, 0) is 69.8 Å². The van der Waals surface area contributed by atoms with Gasteiger partial charge in [0.2, 0.25) is 5.95 Å². The third-order valence-electron chi connectivity index (χ3n) is 5.14. The number of nitrogens with zero attached hydrogens (tertiary/aromatic N) is 4. The molecule has 1 saturated carbocycles. The summed E-state index contributed by atoms with van der Waals surface area (Å²) in [4.78, 5) is 6.88. The molecule has 132 valence electrons. The zero-order valence-corrected chi connectivity index (χ0v) is 14.9. The first-order valence-electron chi connectivity index (χ1n) is 9.10. The number of phenolic OH excluding ortho intramolecular Hbond substituents is 1. The van der Waals surface area contributed by atoms with Gasteiger partial charge in [-0.2, -0.15) is 0 Å². The molecule has 1 aliphatic carbocycles. The van der Waals surface area contributed by atoms with Crippen LogP contribution in [0.15, 0.2) is 18.2 Å². The van der Waals surface area contributed by atoms with Crippen LogP contribution in [0.25, 0.3) is 11.3 Å². The maximum Gasteiger partial charge on any atom is 0.243 e. The number of phenols is 1. The Morgan fingerprint density at radius 3 is 2.72 bits per heavy atom. The van der Waals surface area contributed by atoms with E-state index in [1.807, 2.05) is 19.1 Å². The van der Waals surface area contributed by atoms with Gasteiger partial charge in [0.15, 0.2) is 0 Å². The van der Waals surface area contributed by atoms with Gasteiger partial charge >= 0.3 is 0 Å². The number of benzene rings is 1. The lowest BCUT2D eigenvalue weighted by Gasteiger charge is -2.30. The van der Waals surface area contributed by atoms with Crippen LogP contribution in [0.3, 0.4) is 0 Å². The molecule has 0 radical (unpaired) electrons. The topological polar surface area (TPSA) is 74.2 Å². The van der Waals surface area contributed by atoms with Gasteiger partial charge in [0.25, 0.3) is 0 Å². The Morgan fingerprint density at radius 1 is 1.20 bits per heavy atom. The van der Waals surface area contributed by atoms with Crippen molar-refractivity contribution in [2.24, 2.45) is 0 Å². The second kappa shape index (κ2) is 6.59. The summed E-state index contributed by atoms with van der Waals surface area (Å²) >= 11 is 0. The number of aryl methyl sites for hydroxylation is 1. The van der Waals surface area contributed by atoms with Crippen molar-refractivity contribution >= 4 is 5.95 Å².